The van der Waals surface area contributed by atoms with E-state index in [1.807, 2.05) is 19.1 Å². The molecule has 0 aliphatic heterocycles. The fraction of sp³-hybridized carbons (Fsp3) is 0.273. The summed E-state index contributed by atoms with van der Waals surface area (Å²) in [6.45, 7) is 2.06. The van der Waals surface area contributed by atoms with Gasteiger partial charge >= 0.3 is 0 Å². The Labute approximate surface area is 99.1 Å². The lowest BCUT2D eigenvalue weighted by Gasteiger charge is -2.12. The Morgan fingerprint density at radius 2 is 2.27 bits per heavy atom. The standard InChI is InChI=1S/C11H12Cl2O2/c1-8-3-2-4-9(6-14)11(8)15-7-10(13)5-12/h2-5,14H,6-7H2,1H3/b10-5-. The molecule has 0 bridgehead atoms. The Kier molecular flexibility index (Phi) is 4.95. The summed E-state index contributed by atoms with van der Waals surface area (Å²) in [5.41, 5.74) is 2.97. The van der Waals surface area contributed by atoms with Crippen molar-refractivity contribution in [2.75, 3.05) is 6.61 Å². The molecule has 4 heteroatoms. The van der Waals surface area contributed by atoms with Crippen molar-refractivity contribution in [3.63, 3.8) is 0 Å². The van der Waals surface area contributed by atoms with Crippen molar-refractivity contribution in [3.8, 4) is 5.75 Å². The molecule has 0 unspecified atom stereocenters. The average molecular weight is 247 g/mol. The second kappa shape index (κ2) is 6.01. The number of hydrogen-bond acceptors (Lipinski definition) is 2. The van der Waals surface area contributed by atoms with Crippen LogP contribution in [0.3, 0.4) is 0 Å². The number of ether oxygens (including phenoxy) is 1. The van der Waals surface area contributed by atoms with Gasteiger partial charge in [0.1, 0.15) is 12.4 Å². The van der Waals surface area contributed by atoms with E-state index in [1.54, 1.807) is 6.07 Å². The number of halogens is 2. The molecule has 1 aromatic rings. The lowest BCUT2D eigenvalue weighted by Crippen LogP contribution is -2.02. The lowest BCUT2D eigenvalue weighted by atomic mass is 10.1. The van der Waals surface area contributed by atoms with E-state index in [1.165, 1.54) is 5.54 Å². The molecule has 0 atom stereocenters. The van der Waals surface area contributed by atoms with Crippen LogP contribution in [0.25, 0.3) is 0 Å². The van der Waals surface area contributed by atoms with Gasteiger partial charge in [0.15, 0.2) is 0 Å². The number of benzene rings is 1. The molecule has 0 aromatic heterocycles. The van der Waals surface area contributed by atoms with E-state index in [9.17, 15) is 0 Å². The average Bonchev–Trinajstić information content (AvgIpc) is 2.26. The van der Waals surface area contributed by atoms with Crippen molar-refractivity contribution in [1.29, 1.82) is 0 Å². The van der Waals surface area contributed by atoms with E-state index in [4.69, 9.17) is 33.0 Å². The zero-order chi connectivity index (χ0) is 11.3. The molecule has 1 rings (SSSR count). The first kappa shape index (κ1) is 12.4. The van der Waals surface area contributed by atoms with E-state index < -0.39 is 0 Å². The topological polar surface area (TPSA) is 29.5 Å². The van der Waals surface area contributed by atoms with Crippen LogP contribution in [0.2, 0.25) is 0 Å². The number of aliphatic hydroxyl groups is 1. The summed E-state index contributed by atoms with van der Waals surface area (Å²) < 4.78 is 5.47. The number of para-hydroxylation sites is 1. The molecule has 1 N–H and O–H groups in total. The fourth-order valence-electron chi connectivity index (χ4n) is 1.22. The molecule has 0 amide bonds. The summed E-state index contributed by atoms with van der Waals surface area (Å²) in [6.07, 6.45) is 0. The maximum absolute atomic E-state index is 9.11. The zero-order valence-corrected chi connectivity index (χ0v) is 9.85. The van der Waals surface area contributed by atoms with Crippen LogP contribution >= 0.6 is 23.2 Å². The first-order chi connectivity index (χ1) is 7.19. The van der Waals surface area contributed by atoms with Crippen molar-refractivity contribution in [2.45, 2.75) is 13.5 Å². The first-order valence-electron chi connectivity index (χ1n) is 4.46. The van der Waals surface area contributed by atoms with Crippen molar-refractivity contribution in [1.82, 2.24) is 0 Å². The number of hydrogen-bond donors (Lipinski definition) is 1. The highest BCUT2D eigenvalue weighted by atomic mass is 35.5. The van der Waals surface area contributed by atoms with Crippen molar-refractivity contribution < 1.29 is 9.84 Å². The fourth-order valence-corrected chi connectivity index (χ4v) is 1.33. The summed E-state index contributed by atoms with van der Waals surface area (Å²) in [4.78, 5) is 0. The maximum atomic E-state index is 9.11. The van der Waals surface area contributed by atoms with Gasteiger partial charge < -0.3 is 9.84 Å². The normalized spacial score (nSPS) is 11.6. The highest BCUT2D eigenvalue weighted by molar-refractivity contribution is 6.36. The predicted molar refractivity (Wildman–Crippen MR) is 62.4 cm³/mol. The van der Waals surface area contributed by atoms with Crippen LogP contribution in [0.1, 0.15) is 11.1 Å². The molecule has 82 valence electrons. The summed E-state index contributed by atoms with van der Waals surface area (Å²) in [6, 6.07) is 5.58. The van der Waals surface area contributed by atoms with Gasteiger partial charge in [-0.25, -0.2) is 0 Å². The van der Waals surface area contributed by atoms with Crippen LogP contribution in [0, 0.1) is 6.92 Å². The Morgan fingerprint density at radius 1 is 1.53 bits per heavy atom. The molecule has 2 nitrogen and oxygen atoms in total. The van der Waals surface area contributed by atoms with Crippen molar-refractivity contribution >= 4 is 23.2 Å². The zero-order valence-electron chi connectivity index (χ0n) is 8.34. The molecule has 0 spiro atoms. The molecule has 0 aliphatic carbocycles. The van der Waals surface area contributed by atoms with E-state index in [2.05, 4.69) is 0 Å². The van der Waals surface area contributed by atoms with Crippen molar-refractivity contribution in [3.05, 3.63) is 39.9 Å². The van der Waals surface area contributed by atoms with Gasteiger partial charge in [0.2, 0.25) is 0 Å². The highest BCUT2D eigenvalue weighted by Crippen LogP contribution is 2.24. The summed E-state index contributed by atoms with van der Waals surface area (Å²) >= 11 is 11.1. The van der Waals surface area contributed by atoms with Crippen LogP contribution in [0.15, 0.2) is 28.8 Å². The van der Waals surface area contributed by atoms with E-state index in [0.29, 0.717) is 10.8 Å². The predicted octanol–water partition coefficient (Wildman–Crippen LogP) is 3.19. The molecule has 0 radical (unpaired) electrons. The van der Waals surface area contributed by atoms with Crippen LogP contribution in [-0.2, 0) is 6.61 Å². The SMILES string of the molecule is Cc1cccc(CO)c1OC/C(Cl)=C/Cl. The van der Waals surface area contributed by atoms with Crippen LogP contribution in [0.5, 0.6) is 5.75 Å². The van der Waals surface area contributed by atoms with Gasteiger partial charge in [-0.2, -0.15) is 0 Å². The molecule has 15 heavy (non-hydrogen) atoms. The van der Waals surface area contributed by atoms with Gasteiger partial charge in [0.05, 0.1) is 11.6 Å². The number of aliphatic hydroxyl groups excluding tert-OH is 1. The van der Waals surface area contributed by atoms with Gasteiger partial charge in [0, 0.05) is 11.1 Å². The van der Waals surface area contributed by atoms with E-state index >= 15 is 0 Å². The first-order valence-corrected chi connectivity index (χ1v) is 5.27. The van der Waals surface area contributed by atoms with Crippen LogP contribution in [-0.4, -0.2) is 11.7 Å². The maximum Gasteiger partial charge on any atom is 0.128 e. The minimum absolute atomic E-state index is 0.0563. The van der Waals surface area contributed by atoms with Gasteiger partial charge in [-0.05, 0) is 12.5 Å². The van der Waals surface area contributed by atoms with Gasteiger partial charge in [0.25, 0.3) is 0 Å². The summed E-state index contributed by atoms with van der Waals surface area (Å²) in [5.74, 6) is 0.664. The summed E-state index contributed by atoms with van der Waals surface area (Å²) in [5, 5.41) is 9.53. The van der Waals surface area contributed by atoms with Crippen molar-refractivity contribution in [2.24, 2.45) is 0 Å². The molecular weight excluding hydrogens is 235 g/mol. The van der Waals surface area contributed by atoms with E-state index in [0.717, 1.165) is 11.1 Å². The molecule has 0 saturated heterocycles. The third-order valence-corrected chi connectivity index (χ3v) is 2.53. The van der Waals surface area contributed by atoms with E-state index in [-0.39, 0.29) is 13.2 Å². The molecule has 0 saturated carbocycles. The minimum atomic E-state index is -0.0563. The largest absolute Gasteiger partial charge is 0.487 e. The minimum Gasteiger partial charge on any atom is -0.487 e. The lowest BCUT2D eigenvalue weighted by molar-refractivity contribution is 0.269. The molecule has 0 heterocycles. The monoisotopic (exact) mass is 246 g/mol. The number of rotatable bonds is 4. The highest BCUT2D eigenvalue weighted by Gasteiger charge is 2.06. The number of aryl methyl sites for hydroxylation is 1. The van der Waals surface area contributed by atoms with Gasteiger partial charge in [-0.1, -0.05) is 41.4 Å². The summed E-state index contributed by atoms with van der Waals surface area (Å²) in [7, 11) is 0. The Morgan fingerprint density at radius 3 is 2.87 bits per heavy atom. The van der Waals surface area contributed by atoms with Gasteiger partial charge in [-0.3, -0.25) is 0 Å². The third kappa shape index (κ3) is 3.42. The Hall–Kier alpha value is -0.700. The molecule has 0 fully saturated rings. The molecule has 0 aliphatic rings. The van der Waals surface area contributed by atoms with Crippen LogP contribution in [0.4, 0.5) is 0 Å². The Bertz CT molecular complexity index is 362. The molecular formula is C11H12Cl2O2. The third-order valence-electron chi connectivity index (χ3n) is 1.94. The smallest absolute Gasteiger partial charge is 0.128 e. The second-order valence-corrected chi connectivity index (χ2v) is 3.77. The quantitative estimate of drug-likeness (QED) is 0.885. The second-order valence-electron chi connectivity index (χ2n) is 3.07. The Balaban J connectivity index is 2.83. The van der Waals surface area contributed by atoms with Crippen LogP contribution < -0.4 is 4.74 Å². The van der Waals surface area contributed by atoms with Gasteiger partial charge in [-0.15, -0.1) is 0 Å². The molecule has 1 aromatic carbocycles.